The minimum Gasteiger partial charge on any atom is -1.00 e. The van der Waals surface area contributed by atoms with E-state index in [2.05, 4.69) is 0 Å². The molecule has 4 nitrogen and oxygen atoms in total. The first-order valence-electron chi connectivity index (χ1n) is 3.69. The average molecular weight is 264 g/mol. The molecule has 1 aliphatic rings. The van der Waals surface area contributed by atoms with Gasteiger partial charge in [0.25, 0.3) is 0 Å². The quantitative estimate of drug-likeness (QED) is 0.381. The summed E-state index contributed by atoms with van der Waals surface area (Å²) in [6.45, 7) is 3.16. The molecule has 0 aromatic carbocycles. The molecule has 0 bridgehead atoms. The third-order valence-corrected chi connectivity index (χ3v) is 3.97. The van der Waals surface area contributed by atoms with E-state index >= 15 is 0 Å². The van der Waals surface area contributed by atoms with Crippen LogP contribution in [0.3, 0.4) is 0 Å². The molecule has 7 heteroatoms. The largest absolute Gasteiger partial charge is 1.00 e. The van der Waals surface area contributed by atoms with Gasteiger partial charge in [0.2, 0.25) is 0 Å². The number of quaternary nitrogens is 1. The summed E-state index contributed by atoms with van der Waals surface area (Å²) >= 11 is 0. The van der Waals surface area contributed by atoms with Crippen molar-refractivity contribution in [3.63, 3.8) is 0 Å². The maximum absolute atomic E-state index is 10.9. The summed E-state index contributed by atoms with van der Waals surface area (Å²) in [7, 11) is -4.26. The van der Waals surface area contributed by atoms with Crippen molar-refractivity contribution in [2.75, 3.05) is 0 Å². The molecule has 0 aromatic heterocycles. The molecule has 4 N–H and O–H groups in total. The van der Waals surface area contributed by atoms with Gasteiger partial charge in [0.15, 0.2) is 0 Å². The van der Waals surface area contributed by atoms with Crippen LogP contribution in [0.25, 0.3) is 0 Å². The van der Waals surface area contributed by atoms with Gasteiger partial charge < -0.3 is 23.1 Å². The van der Waals surface area contributed by atoms with Gasteiger partial charge in [-0.1, -0.05) is 31.2 Å². The summed E-state index contributed by atoms with van der Waals surface area (Å²) in [6.07, 6.45) is 6.50. The first-order chi connectivity index (χ1) is 5.38. The fraction of sp³-hybridized carbons (Fsp3) is 0.500. The van der Waals surface area contributed by atoms with Crippen molar-refractivity contribution in [3.05, 3.63) is 24.3 Å². The molecule has 0 aromatic rings. The van der Waals surface area contributed by atoms with E-state index in [1.54, 1.807) is 25.2 Å². The standard InChI is InChI=1S/C8H12O3S.ClH.H3N.Na/c1-7-5-3-4-6-8(7,2)12(9,10)11;;;/h3-7H,1-2H3,(H,9,10,11);1H;1H3;/q;;;+1/p-1. The van der Waals surface area contributed by atoms with Crippen molar-refractivity contribution >= 4 is 10.1 Å². The molecule has 0 fully saturated rings. The summed E-state index contributed by atoms with van der Waals surface area (Å²) in [4.78, 5) is 0. The zero-order chi connectivity index (χ0) is 9.41. The Bertz CT molecular complexity index is 342. The monoisotopic (exact) mass is 263 g/mol. The summed E-state index contributed by atoms with van der Waals surface area (Å²) in [5, 5.41) is 0. The number of hydrogen-bond donors (Lipinski definition) is 1. The Morgan fingerprint density at radius 3 is 2.07 bits per heavy atom. The van der Waals surface area contributed by atoms with E-state index in [9.17, 15) is 13.0 Å². The summed E-state index contributed by atoms with van der Waals surface area (Å²) in [5.74, 6) is -0.259. The molecule has 0 aliphatic heterocycles. The Balaban J connectivity index is -0.000000480. The molecule has 0 amide bonds. The van der Waals surface area contributed by atoms with Crippen LogP contribution in [-0.2, 0) is 10.1 Å². The maximum Gasteiger partial charge on any atom is 1.00 e. The van der Waals surface area contributed by atoms with Crippen molar-refractivity contribution in [1.82, 2.24) is 6.15 Å². The molecule has 0 spiro atoms. The van der Waals surface area contributed by atoms with Crippen LogP contribution in [0.5, 0.6) is 0 Å². The Labute approximate surface area is 119 Å². The Morgan fingerprint density at radius 1 is 1.33 bits per heavy atom. The fourth-order valence-corrected chi connectivity index (χ4v) is 1.91. The molecule has 0 heterocycles. The van der Waals surface area contributed by atoms with Crippen molar-refractivity contribution < 1.29 is 54.9 Å². The second kappa shape index (κ2) is 7.06. The topological polar surface area (TPSA) is 93.7 Å². The molecule has 0 radical (unpaired) electrons. The third kappa shape index (κ3) is 4.19. The van der Waals surface area contributed by atoms with Gasteiger partial charge in [-0.2, -0.15) is 0 Å². The number of allylic oxidation sites excluding steroid dienone is 3. The van der Waals surface area contributed by atoms with E-state index in [1.807, 2.05) is 0 Å². The van der Waals surface area contributed by atoms with E-state index in [0.29, 0.717) is 0 Å². The van der Waals surface area contributed by atoms with Gasteiger partial charge in [-0.25, -0.2) is 8.42 Å². The summed E-state index contributed by atoms with van der Waals surface area (Å²) in [5.41, 5.74) is 0. The minimum atomic E-state index is -4.26. The zero-order valence-corrected chi connectivity index (χ0v) is 13.0. The molecular formula is C8H15ClNNaO3S. The van der Waals surface area contributed by atoms with Crippen LogP contribution < -0.4 is 48.1 Å². The van der Waals surface area contributed by atoms with Gasteiger partial charge in [0, 0.05) is 0 Å². The Morgan fingerprint density at radius 2 is 1.80 bits per heavy atom. The SMILES string of the molecule is CC1C=CC=CC1(C)S(=O)(=O)[O-].[Cl-].[NH4+].[Na+]. The second-order valence-corrected chi connectivity index (χ2v) is 4.96. The average Bonchev–Trinajstić information content (AvgIpc) is 1.93. The summed E-state index contributed by atoms with van der Waals surface area (Å²) in [6, 6.07) is 0. The number of hydrogen-bond acceptors (Lipinski definition) is 3. The Hall–Kier alpha value is 0.640. The first kappa shape index (κ1) is 21.0. The number of halogens is 1. The van der Waals surface area contributed by atoms with Crippen LogP contribution in [0.2, 0.25) is 0 Å². The second-order valence-electron chi connectivity index (χ2n) is 3.17. The van der Waals surface area contributed by atoms with E-state index in [1.165, 1.54) is 13.0 Å². The molecule has 0 saturated carbocycles. The van der Waals surface area contributed by atoms with E-state index in [-0.39, 0.29) is 54.0 Å². The van der Waals surface area contributed by atoms with Crippen molar-refractivity contribution in [2.24, 2.45) is 5.92 Å². The van der Waals surface area contributed by atoms with Crippen molar-refractivity contribution in [3.8, 4) is 0 Å². The third-order valence-electron chi connectivity index (χ3n) is 2.38. The smallest absolute Gasteiger partial charge is 1.00 e. The predicted octanol–water partition coefficient (Wildman–Crippen LogP) is -4.56. The maximum atomic E-state index is 10.9. The molecule has 2 atom stereocenters. The molecular weight excluding hydrogens is 249 g/mol. The van der Waals surface area contributed by atoms with E-state index in [0.717, 1.165) is 0 Å². The van der Waals surface area contributed by atoms with Gasteiger partial charge in [-0.15, -0.1) is 0 Å². The van der Waals surface area contributed by atoms with Gasteiger partial charge in [-0.3, -0.25) is 0 Å². The van der Waals surface area contributed by atoms with Crippen LogP contribution in [-0.4, -0.2) is 17.7 Å². The van der Waals surface area contributed by atoms with Crippen LogP contribution in [0.15, 0.2) is 24.3 Å². The molecule has 1 aliphatic carbocycles. The minimum absolute atomic E-state index is 0. The Kier molecular flexibility index (Phi) is 9.88. The molecule has 1 rings (SSSR count). The number of rotatable bonds is 1. The summed E-state index contributed by atoms with van der Waals surface area (Å²) < 4.78 is 31.4. The van der Waals surface area contributed by atoms with E-state index < -0.39 is 14.9 Å². The molecule has 0 saturated heterocycles. The predicted molar refractivity (Wildman–Crippen MR) is 51.5 cm³/mol. The first-order valence-corrected chi connectivity index (χ1v) is 5.10. The van der Waals surface area contributed by atoms with Crippen LogP contribution >= 0.6 is 0 Å². The van der Waals surface area contributed by atoms with Gasteiger partial charge in [-0.05, 0) is 12.8 Å². The van der Waals surface area contributed by atoms with Crippen LogP contribution in [0, 0.1) is 5.92 Å². The van der Waals surface area contributed by atoms with Gasteiger partial charge >= 0.3 is 29.6 Å². The van der Waals surface area contributed by atoms with Gasteiger partial charge in [0.05, 0.1) is 4.75 Å². The zero-order valence-electron chi connectivity index (χ0n) is 9.40. The fourth-order valence-electron chi connectivity index (χ4n) is 1.13. The molecule has 84 valence electrons. The van der Waals surface area contributed by atoms with Crippen molar-refractivity contribution in [2.45, 2.75) is 18.6 Å². The molecule has 2 unspecified atom stereocenters. The molecule has 15 heavy (non-hydrogen) atoms. The van der Waals surface area contributed by atoms with Crippen LogP contribution in [0.1, 0.15) is 13.8 Å². The van der Waals surface area contributed by atoms with Crippen LogP contribution in [0.4, 0.5) is 0 Å². The van der Waals surface area contributed by atoms with Crippen molar-refractivity contribution in [1.29, 1.82) is 0 Å². The normalized spacial score (nSPS) is 28.3. The van der Waals surface area contributed by atoms with Gasteiger partial charge in [0.1, 0.15) is 10.1 Å². The van der Waals surface area contributed by atoms with E-state index in [4.69, 9.17) is 0 Å².